The van der Waals surface area contributed by atoms with E-state index in [2.05, 4.69) is 31.1 Å². The molecule has 0 amide bonds. The summed E-state index contributed by atoms with van der Waals surface area (Å²) in [7, 11) is 0. The molecule has 0 atom stereocenters. The molecule has 110 valence electrons. The van der Waals surface area contributed by atoms with E-state index >= 15 is 0 Å². The Bertz CT molecular complexity index is 572. The Morgan fingerprint density at radius 2 is 2.10 bits per heavy atom. The maximum absolute atomic E-state index is 6.10. The van der Waals surface area contributed by atoms with Crippen molar-refractivity contribution in [3.63, 3.8) is 0 Å². The zero-order valence-corrected chi connectivity index (χ0v) is 14.1. The Balaban J connectivity index is 1.91. The second-order valence-electron chi connectivity index (χ2n) is 5.64. The van der Waals surface area contributed by atoms with Crippen LogP contribution in [0.15, 0.2) is 16.7 Å². The largest absolute Gasteiger partial charge is 0.441 e. The van der Waals surface area contributed by atoms with Crippen LogP contribution in [0.5, 0.6) is 0 Å². The van der Waals surface area contributed by atoms with Crippen LogP contribution in [0.3, 0.4) is 0 Å². The third-order valence-electron chi connectivity index (χ3n) is 2.70. The van der Waals surface area contributed by atoms with Gasteiger partial charge in [-0.05, 0) is 39.8 Å². The highest BCUT2D eigenvalue weighted by Crippen LogP contribution is 2.38. The summed E-state index contributed by atoms with van der Waals surface area (Å²) in [4.78, 5) is 4.29. The van der Waals surface area contributed by atoms with Crippen LogP contribution >= 0.6 is 34.5 Å². The lowest BCUT2D eigenvalue weighted by Gasteiger charge is -2.19. The summed E-state index contributed by atoms with van der Waals surface area (Å²) in [6.45, 7) is 7.39. The summed E-state index contributed by atoms with van der Waals surface area (Å²) >= 11 is 13.4. The van der Waals surface area contributed by atoms with Gasteiger partial charge in [-0.2, -0.15) is 0 Å². The van der Waals surface area contributed by atoms with Crippen LogP contribution in [0.4, 0.5) is 0 Å². The van der Waals surface area contributed by atoms with Gasteiger partial charge in [0.15, 0.2) is 11.7 Å². The van der Waals surface area contributed by atoms with Gasteiger partial charge in [-0.15, -0.1) is 11.3 Å². The van der Waals surface area contributed by atoms with Gasteiger partial charge in [0.1, 0.15) is 4.34 Å². The number of oxazole rings is 1. The van der Waals surface area contributed by atoms with Gasteiger partial charge in [-0.25, -0.2) is 4.98 Å². The first-order valence-corrected chi connectivity index (χ1v) is 8.07. The quantitative estimate of drug-likeness (QED) is 0.780. The van der Waals surface area contributed by atoms with Crippen LogP contribution in [0.1, 0.15) is 33.1 Å². The molecule has 0 aliphatic rings. The summed E-state index contributed by atoms with van der Waals surface area (Å²) in [5.74, 6) is 1.41. The molecule has 2 heterocycles. The zero-order chi connectivity index (χ0) is 14.8. The molecular weight excluding hydrogens is 315 g/mol. The maximum Gasteiger partial charge on any atom is 0.194 e. The molecule has 0 fully saturated rings. The SMILES string of the molecule is CC(C)(C)NCCCc1ncc(-c2cc(Cl)sc2Cl)o1. The lowest BCUT2D eigenvalue weighted by Crippen LogP contribution is -2.36. The second-order valence-corrected chi connectivity index (χ2v) is 7.92. The summed E-state index contributed by atoms with van der Waals surface area (Å²) in [5, 5.41) is 3.44. The fourth-order valence-electron chi connectivity index (χ4n) is 1.76. The minimum absolute atomic E-state index is 0.142. The van der Waals surface area contributed by atoms with Crippen LogP contribution in [0.25, 0.3) is 11.3 Å². The number of rotatable bonds is 5. The normalized spacial score (nSPS) is 12.1. The van der Waals surface area contributed by atoms with E-state index in [1.165, 1.54) is 11.3 Å². The molecule has 0 bridgehead atoms. The lowest BCUT2D eigenvalue weighted by atomic mass is 10.1. The molecule has 0 aromatic carbocycles. The summed E-state index contributed by atoms with van der Waals surface area (Å²) in [6, 6.07) is 1.81. The average molecular weight is 333 g/mol. The van der Waals surface area contributed by atoms with Gasteiger partial charge in [0.05, 0.1) is 10.5 Å². The Morgan fingerprint density at radius 1 is 1.35 bits per heavy atom. The monoisotopic (exact) mass is 332 g/mol. The molecule has 0 radical (unpaired) electrons. The third kappa shape index (κ3) is 4.48. The van der Waals surface area contributed by atoms with E-state index in [1.54, 1.807) is 12.3 Å². The number of nitrogens with one attached hydrogen (secondary N) is 1. The molecule has 1 N–H and O–H groups in total. The molecule has 0 unspecified atom stereocenters. The van der Waals surface area contributed by atoms with Crippen molar-refractivity contribution in [3.05, 3.63) is 26.8 Å². The van der Waals surface area contributed by atoms with Crippen molar-refractivity contribution in [2.45, 2.75) is 39.2 Å². The van der Waals surface area contributed by atoms with Crippen molar-refractivity contribution in [3.8, 4) is 11.3 Å². The molecule has 2 rings (SSSR count). The predicted molar refractivity (Wildman–Crippen MR) is 85.9 cm³/mol. The second kappa shape index (κ2) is 6.48. The Morgan fingerprint density at radius 3 is 2.70 bits per heavy atom. The fourth-order valence-corrected chi connectivity index (χ4v) is 3.24. The van der Waals surface area contributed by atoms with Crippen molar-refractivity contribution >= 4 is 34.5 Å². The molecule has 6 heteroatoms. The van der Waals surface area contributed by atoms with Crippen LogP contribution in [0, 0.1) is 0 Å². The zero-order valence-electron chi connectivity index (χ0n) is 11.8. The van der Waals surface area contributed by atoms with Crippen molar-refractivity contribution < 1.29 is 4.42 Å². The number of thiophene rings is 1. The predicted octanol–water partition coefficient (Wildman–Crippen LogP) is 5.03. The number of nitrogens with zero attached hydrogens (tertiary/aromatic N) is 1. The van der Waals surface area contributed by atoms with Gasteiger partial charge in [-0.3, -0.25) is 0 Å². The van der Waals surface area contributed by atoms with E-state index in [0.29, 0.717) is 14.4 Å². The third-order valence-corrected chi connectivity index (χ3v) is 4.19. The first kappa shape index (κ1) is 15.8. The van der Waals surface area contributed by atoms with Crippen LogP contribution in [0.2, 0.25) is 8.67 Å². The summed E-state index contributed by atoms with van der Waals surface area (Å²) < 4.78 is 7.00. The molecule has 2 aromatic rings. The van der Waals surface area contributed by atoms with Crippen molar-refractivity contribution in [2.24, 2.45) is 0 Å². The van der Waals surface area contributed by atoms with Crippen molar-refractivity contribution in [1.29, 1.82) is 0 Å². The van der Waals surface area contributed by atoms with Gasteiger partial charge in [-0.1, -0.05) is 23.2 Å². The van der Waals surface area contributed by atoms with E-state index in [4.69, 9.17) is 27.6 Å². The maximum atomic E-state index is 6.10. The first-order chi connectivity index (χ1) is 9.35. The van der Waals surface area contributed by atoms with E-state index in [1.807, 2.05) is 0 Å². The van der Waals surface area contributed by atoms with Gasteiger partial charge in [0, 0.05) is 17.5 Å². The van der Waals surface area contributed by atoms with Crippen LogP contribution in [-0.4, -0.2) is 17.1 Å². The van der Waals surface area contributed by atoms with Crippen LogP contribution in [-0.2, 0) is 6.42 Å². The number of aromatic nitrogens is 1. The number of aryl methyl sites for hydroxylation is 1. The van der Waals surface area contributed by atoms with Gasteiger partial charge in [0.25, 0.3) is 0 Å². The Hall–Kier alpha value is -0.550. The molecular formula is C14H18Cl2N2OS. The van der Waals surface area contributed by atoms with Gasteiger partial charge in [0.2, 0.25) is 0 Å². The number of hydrogen-bond acceptors (Lipinski definition) is 4. The molecule has 2 aromatic heterocycles. The first-order valence-electron chi connectivity index (χ1n) is 6.50. The highest BCUT2D eigenvalue weighted by molar-refractivity contribution is 7.20. The Kier molecular flexibility index (Phi) is 5.13. The smallest absolute Gasteiger partial charge is 0.194 e. The fraction of sp³-hybridized carbons (Fsp3) is 0.500. The topological polar surface area (TPSA) is 38.1 Å². The molecule has 0 saturated heterocycles. The Labute approximate surface area is 133 Å². The van der Waals surface area contributed by atoms with E-state index < -0.39 is 0 Å². The average Bonchev–Trinajstić information content (AvgIpc) is 2.90. The standard InChI is InChI=1S/C14H18Cl2N2OS/c1-14(2,3)18-6-4-5-12-17-8-10(19-12)9-7-11(15)20-13(9)16/h7-8,18H,4-6H2,1-3H3. The summed E-state index contributed by atoms with van der Waals surface area (Å²) in [6.07, 6.45) is 3.49. The lowest BCUT2D eigenvalue weighted by molar-refractivity contribution is 0.413. The van der Waals surface area contributed by atoms with E-state index in [-0.39, 0.29) is 5.54 Å². The number of hydrogen-bond donors (Lipinski definition) is 1. The highest BCUT2D eigenvalue weighted by Gasteiger charge is 2.13. The van der Waals surface area contributed by atoms with Crippen molar-refractivity contribution in [1.82, 2.24) is 10.3 Å². The summed E-state index contributed by atoms with van der Waals surface area (Å²) in [5.41, 5.74) is 0.955. The molecule has 0 aliphatic carbocycles. The van der Waals surface area contributed by atoms with E-state index in [9.17, 15) is 0 Å². The minimum Gasteiger partial charge on any atom is -0.441 e. The molecule has 0 spiro atoms. The molecule has 0 saturated carbocycles. The van der Waals surface area contributed by atoms with Gasteiger partial charge < -0.3 is 9.73 Å². The highest BCUT2D eigenvalue weighted by atomic mass is 35.5. The molecule has 0 aliphatic heterocycles. The van der Waals surface area contributed by atoms with E-state index in [0.717, 1.165) is 30.8 Å². The number of halogens is 2. The van der Waals surface area contributed by atoms with Crippen LogP contribution < -0.4 is 5.32 Å². The molecule has 3 nitrogen and oxygen atoms in total. The van der Waals surface area contributed by atoms with Gasteiger partial charge >= 0.3 is 0 Å². The minimum atomic E-state index is 0.142. The van der Waals surface area contributed by atoms with Crippen molar-refractivity contribution in [2.75, 3.05) is 6.54 Å². The molecule has 20 heavy (non-hydrogen) atoms.